The van der Waals surface area contributed by atoms with Gasteiger partial charge in [0.05, 0.1) is 11.7 Å². The number of nitrogens with one attached hydrogen (secondary N) is 1. The first-order chi connectivity index (χ1) is 12.2. The van der Waals surface area contributed by atoms with Crippen LogP contribution in [0.3, 0.4) is 0 Å². The van der Waals surface area contributed by atoms with Gasteiger partial charge in [-0.2, -0.15) is 0 Å². The number of fused-ring (bicyclic) bond motifs is 4. The second kappa shape index (κ2) is 5.70. The van der Waals surface area contributed by atoms with E-state index in [9.17, 15) is 4.39 Å². The molecule has 1 N–H and O–H groups in total. The SMILES string of the molecule is Fc1cc(Br)cc2c1N[C@H](c1cccc3ccccc13)[C@H]1CC=C[C@@H]21. The number of allylic oxidation sites excluding steroid dienone is 2. The lowest BCUT2D eigenvalue weighted by atomic mass is 9.76. The van der Waals surface area contributed by atoms with Gasteiger partial charge in [-0.15, -0.1) is 0 Å². The minimum Gasteiger partial charge on any atom is -0.375 e. The van der Waals surface area contributed by atoms with Gasteiger partial charge in [-0.1, -0.05) is 70.5 Å². The Morgan fingerprint density at radius 1 is 1.00 bits per heavy atom. The minimum atomic E-state index is -0.187. The van der Waals surface area contributed by atoms with E-state index in [1.807, 2.05) is 0 Å². The summed E-state index contributed by atoms with van der Waals surface area (Å²) in [5, 5.41) is 6.01. The standard InChI is InChI=1S/C22H17BrFN/c23-14-11-19-16-8-4-10-18(16)21(25-22(19)20(24)12-14)17-9-3-6-13-5-1-2-7-15(13)17/h1-9,11-12,16,18,21,25H,10H2/t16-,18+,21-/m1/s1. The van der Waals surface area contributed by atoms with E-state index in [0.717, 1.165) is 16.5 Å². The minimum absolute atomic E-state index is 0.106. The third kappa shape index (κ3) is 2.33. The molecular formula is C22H17BrFN. The first-order valence-electron chi connectivity index (χ1n) is 8.62. The fourth-order valence-corrected chi connectivity index (χ4v) is 4.90. The van der Waals surface area contributed by atoms with Gasteiger partial charge in [0.15, 0.2) is 0 Å². The van der Waals surface area contributed by atoms with Crippen LogP contribution in [0.2, 0.25) is 0 Å². The van der Waals surface area contributed by atoms with Gasteiger partial charge < -0.3 is 5.32 Å². The van der Waals surface area contributed by atoms with E-state index in [1.165, 1.54) is 16.3 Å². The van der Waals surface area contributed by atoms with Crippen molar-refractivity contribution < 1.29 is 4.39 Å². The highest BCUT2D eigenvalue weighted by Gasteiger charge is 2.39. The average Bonchev–Trinajstić information content (AvgIpc) is 3.11. The highest BCUT2D eigenvalue weighted by atomic mass is 79.9. The van der Waals surface area contributed by atoms with Crippen LogP contribution in [0, 0.1) is 11.7 Å². The van der Waals surface area contributed by atoms with Crippen LogP contribution in [0.15, 0.2) is 71.2 Å². The van der Waals surface area contributed by atoms with Crippen LogP contribution in [-0.4, -0.2) is 0 Å². The summed E-state index contributed by atoms with van der Waals surface area (Å²) in [7, 11) is 0. The number of halogens is 2. The van der Waals surface area contributed by atoms with Crippen LogP contribution in [0.5, 0.6) is 0 Å². The van der Waals surface area contributed by atoms with Gasteiger partial charge in [-0.05, 0) is 46.4 Å². The molecule has 0 amide bonds. The molecule has 0 unspecified atom stereocenters. The summed E-state index contributed by atoms with van der Waals surface area (Å²) in [6.07, 6.45) is 5.50. The fraction of sp³-hybridized carbons (Fsp3) is 0.182. The quantitative estimate of drug-likeness (QED) is 0.461. The molecule has 3 atom stereocenters. The van der Waals surface area contributed by atoms with Crippen LogP contribution in [0.1, 0.15) is 29.5 Å². The second-order valence-electron chi connectivity index (χ2n) is 6.90. The van der Waals surface area contributed by atoms with Crippen molar-refractivity contribution in [1.29, 1.82) is 0 Å². The maximum Gasteiger partial charge on any atom is 0.147 e. The zero-order chi connectivity index (χ0) is 17.0. The van der Waals surface area contributed by atoms with Crippen LogP contribution >= 0.6 is 15.9 Å². The first-order valence-corrected chi connectivity index (χ1v) is 9.41. The largest absolute Gasteiger partial charge is 0.375 e. The summed E-state index contributed by atoms with van der Waals surface area (Å²) in [4.78, 5) is 0. The molecule has 0 radical (unpaired) electrons. The molecule has 0 fully saturated rings. The number of hydrogen-bond donors (Lipinski definition) is 1. The van der Waals surface area contributed by atoms with Crippen LogP contribution in [-0.2, 0) is 0 Å². The van der Waals surface area contributed by atoms with Gasteiger partial charge in [-0.25, -0.2) is 4.39 Å². The Hall–Kier alpha value is -2.13. The van der Waals surface area contributed by atoms with Crippen LogP contribution < -0.4 is 5.32 Å². The smallest absolute Gasteiger partial charge is 0.147 e. The van der Waals surface area contributed by atoms with E-state index in [1.54, 1.807) is 6.07 Å². The highest BCUT2D eigenvalue weighted by Crippen LogP contribution is 2.51. The number of hydrogen-bond acceptors (Lipinski definition) is 1. The van der Waals surface area contributed by atoms with Gasteiger partial charge >= 0.3 is 0 Å². The van der Waals surface area contributed by atoms with Crippen molar-refractivity contribution in [2.45, 2.75) is 18.4 Å². The van der Waals surface area contributed by atoms with Crippen molar-refractivity contribution in [3.63, 3.8) is 0 Å². The van der Waals surface area contributed by atoms with Crippen molar-refractivity contribution >= 4 is 32.4 Å². The summed E-state index contributed by atoms with van der Waals surface area (Å²) in [6, 6.07) is 18.6. The Morgan fingerprint density at radius 2 is 1.84 bits per heavy atom. The molecule has 0 aromatic heterocycles. The monoisotopic (exact) mass is 393 g/mol. The Kier molecular flexibility index (Phi) is 3.46. The number of rotatable bonds is 1. The van der Waals surface area contributed by atoms with Crippen molar-refractivity contribution in [2.24, 2.45) is 5.92 Å². The molecule has 0 spiro atoms. The van der Waals surface area contributed by atoms with Crippen LogP contribution in [0.4, 0.5) is 10.1 Å². The predicted octanol–water partition coefficient (Wildman–Crippen LogP) is 6.57. The van der Waals surface area contributed by atoms with E-state index in [0.29, 0.717) is 11.6 Å². The van der Waals surface area contributed by atoms with E-state index in [4.69, 9.17) is 0 Å². The Labute approximate surface area is 154 Å². The van der Waals surface area contributed by atoms with Crippen LogP contribution in [0.25, 0.3) is 10.8 Å². The van der Waals surface area contributed by atoms with E-state index < -0.39 is 0 Å². The van der Waals surface area contributed by atoms with E-state index in [-0.39, 0.29) is 17.8 Å². The third-order valence-corrected chi connectivity index (χ3v) is 6.00. The third-order valence-electron chi connectivity index (χ3n) is 5.54. The van der Waals surface area contributed by atoms with Crippen molar-refractivity contribution in [1.82, 2.24) is 0 Å². The Morgan fingerprint density at radius 3 is 2.76 bits per heavy atom. The highest BCUT2D eigenvalue weighted by molar-refractivity contribution is 9.10. The number of benzene rings is 3. The molecule has 3 heteroatoms. The summed E-state index contributed by atoms with van der Waals surface area (Å²) in [6.45, 7) is 0. The molecule has 1 heterocycles. The summed E-state index contributed by atoms with van der Waals surface area (Å²) >= 11 is 3.44. The molecule has 2 aliphatic rings. The van der Waals surface area contributed by atoms with Gasteiger partial charge in [0.25, 0.3) is 0 Å². The normalized spacial score (nSPS) is 24.0. The van der Waals surface area contributed by atoms with Crippen molar-refractivity contribution in [3.05, 3.63) is 88.2 Å². The van der Waals surface area contributed by atoms with Gasteiger partial charge in [0.1, 0.15) is 5.82 Å². The fourth-order valence-electron chi connectivity index (χ4n) is 4.45. The second-order valence-corrected chi connectivity index (χ2v) is 7.81. The molecular weight excluding hydrogens is 377 g/mol. The topological polar surface area (TPSA) is 12.0 Å². The maximum absolute atomic E-state index is 14.7. The van der Waals surface area contributed by atoms with Gasteiger partial charge in [-0.3, -0.25) is 0 Å². The zero-order valence-corrected chi connectivity index (χ0v) is 15.1. The lowest BCUT2D eigenvalue weighted by molar-refractivity contribution is 0.422. The van der Waals surface area contributed by atoms with Crippen molar-refractivity contribution in [3.8, 4) is 0 Å². The molecule has 5 rings (SSSR count). The molecule has 1 nitrogen and oxygen atoms in total. The predicted molar refractivity (Wildman–Crippen MR) is 104 cm³/mol. The number of anilines is 1. The molecule has 3 aromatic carbocycles. The first kappa shape index (κ1) is 15.2. The molecule has 0 saturated carbocycles. The molecule has 1 aliphatic heterocycles. The Balaban J connectivity index is 1.70. The molecule has 25 heavy (non-hydrogen) atoms. The molecule has 3 aromatic rings. The van der Waals surface area contributed by atoms with Crippen molar-refractivity contribution in [2.75, 3.05) is 5.32 Å². The lowest BCUT2D eigenvalue weighted by Crippen LogP contribution is -2.30. The summed E-state index contributed by atoms with van der Waals surface area (Å²) in [5.41, 5.74) is 2.96. The lowest BCUT2D eigenvalue weighted by Gasteiger charge is -2.38. The zero-order valence-electron chi connectivity index (χ0n) is 13.5. The molecule has 0 saturated heterocycles. The summed E-state index contributed by atoms with van der Waals surface area (Å²) in [5.74, 6) is 0.479. The van der Waals surface area contributed by atoms with E-state index >= 15 is 0 Å². The molecule has 1 aliphatic carbocycles. The molecule has 124 valence electrons. The van der Waals surface area contributed by atoms with Gasteiger partial charge in [0.2, 0.25) is 0 Å². The van der Waals surface area contributed by atoms with E-state index in [2.05, 4.69) is 81.9 Å². The average molecular weight is 394 g/mol. The summed E-state index contributed by atoms with van der Waals surface area (Å²) < 4.78 is 15.5. The maximum atomic E-state index is 14.7. The molecule has 0 bridgehead atoms. The van der Waals surface area contributed by atoms with Gasteiger partial charge in [0, 0.05) is 10.4 Å². The Bertz CT molecular complexity index is 1000.